The third kappa shape index (κ3) is 4.08. The van der Waals surface area contributed by atoms with Gasteiger partial charge in [0.2, 0.25) is 0 Å². The average Bonchev–Trinajstić information content (AvgIpc) is 2.89. The van der Waals surface area contributed by atoms with E-state index in [1.807, 2.05) is 0 Å². The Hall–Kier alpha value is -1.34. The lowest BCUT2D eigenvalue weighted by Crippen LogP contribution is -2.33. The fourth-order valence-corrected chi connectivity index (χ4v) is 2.59. The van der Waals surface area contributed by atoms with Gasteiger partial charge in [-0.1, -0.05) is 11.8 Å². The van der Waals surface area contributed by atoms with Crippen molar-refractivity contribution in [2.24, 2.45) is 5.92 Å². The van der Waals surface area contributed by atoms with Gasteiger partial charge < -0.3 is 15.3 Å². The molecule has 110 valence electrons. The van der Waals surface area contributed by atoms with E-state index in [4.69, 9.17) is 5.11 Å². The third-order valence-corrected chi connectivity index (χ3v) is 3.88. The zero-order valence-electron chi connectivity index (χ0n) is 10.8. The monoisotopic (exact) mass is 302 g/mol. The molecule has 0 aromatic heterocycles. The first-order valence-corrected chi connectivity index (χ1v) is 7.18. The Kier molecular flexibility index (Phi) is 5.19. The lowest BCUT2D eigenvalue weighted by Gasteiger charge is -2.17. The molecule has 1 atom stereocenters. The number of alkyl halides is 2. The Morgan fingerprint density at radius 2 is 2.15 bits per heavy atom. The molecule has 1 unspecified atom stereocenters. The van der Waals surface area contributed by atoms with Crippen LogP contribution in [0.15, 0.2) is 29.2 Å². The number of aliphatic hydroxyl groups is 1. The van der Waals surface area contributed by atoms with Crippen LogP contribution >= 0.6 is 11.8 Å². The van der Waals surface area contributed by atoms with Gasteiger partial charge in [0.15, 0.2) is 0 Å². The Balaban J connectivity index is 1.88. The number of anilines is 1. The van der Waals surface area contributed by atoms with E-state index < -0.39 is 5.76 Å². The summed E-state index contributed by atoms with van der Waals surface area (Å²) in [6.45, 7) is 1.25. The van der Waals surface area contributed by atoms with Gasteiger partial charge in [-0.2, -0.15) is 8.78 Å². The third-order valence-electron chi connectivity index (χ3n) is 3.16. The molecular weight excluding hydrogens is 286 g/mol. The Morgan fingerprint density at radius 3 is 2.70 bits per heavy atom. The number of nitrogens with one attached hydrogen (secondary N) is 1. The molecule has 0 bridgehead atoms. The molecule has 1 saturated heterocycles. The van der Waals surface area contributed by atoms with Crippen molar-refractivity contribution in [2.75, 3.05) is 25.0 Å². The van der Waals surface area contributed by atoms with Crippen molar-refractivity contribution in [2.45, 2.75) is 17.1 Å². The largest absolute Gasteiger partial charge is 0.396 e. The number of thioether (sulfide) groups is 1. The maximum absolute atomic E-state index is 12.2. The van der Waals surface area contributed by atoms with Crippen LogP contribution in [0.5, 0.6) is 0 Å². The molecule has 1 aromatic rings. The topological polar surface area (TPSA) is 52.6 Å². The Morgan fingerprint density at radius 1 is 1.45 bits per heavy atom. The van der Waals surface area contributed by atoms with Crippen molar-refractivity contribution in [3.8, 4) is 0 Å². The van der Waals surface area contributed by atoms with Crippen LogP contribution < -0.4 is 5.32 Å². The lowest BCUT2D eigenvalue weighted by atomic mass is 10.1. The summed E-state index contributed by atoms with van der Waals surface area (Å²) in [5.41, 5.74) is 0.570. The van der Waals surface area contributed by atoms with Gasteiger partial charge in [-0.05, 0) is 30.7 Å². The van der Waals surface area contributed by atoms with Gasteiger partial charge in [0.05, 0.1) is 0 Å². The molecule has 1 aliphatic rings. The van der Waals surface area contributed by atoms with Crippen LogP contribution in [0.1, 0.15) is 6.42 Å². The standard InChI is InChI=1S/C13H16F2N2O2S/c14-12(15)20-11-3-1-10(2-4-11)16-13(19)17-6-5-9(7-17)8-18/h1-4,9,12,18H,5-8H2,(H,16,19). The number of rotatable bonds is 4. The van der Waals surface area contributed by atoms with Crippen molar-refractivity contribution in [1.82, 2.24) is 4.90 Å². The molecule has 1 aromatic carbocycles. The summed E-state index contributed by atoms with van der Waals surface area (Å²) in [6, 6.07) is 6.07. The molecule has 0 spiro atoms. The predicted octanol–water partition coefficient (Wildman–Crippen LogP) is 2.85. The second-order valence-electron chi connectivity index (χ2n) is 4.62. The second kappa shape index (κ2) is 6.90. The van der Waals surface area contributed by atoms with E-state index in [9.17, 15) is 13.6 Å². The first-order valence-electron chi connectivity index (χ1n) is 6.30. The van der Waals surface area contributed by atoms with Crippen molar-refractivity contribution >= 4 is 23.5 Å². The van der Waals surface area contributed by atoms with Gasteiger partial charge in [-0.15, -0.1) is 0 Å². The van der Waals surface area contributed by atoms with Crippen molar-refractivity contribution in [3.05, 3.63) is 24.3 Å². The molecule has 0 radical (unpaired) electrons. The molecule has 20 heavy (non-hydrogen) atoms. The SMILES string of the molecule is O=C(Nc1ccc(SC(F)F)cc1)N1CCC(CO)C1. The molecule has 1 aliphatic heterocycles. The summed E-state index contributed by atoms with van der Waals surface area (Å²) in [5, 5.41) is 11.8. The van der Waals surface area contributed by atoms with Gasteiger partial charge in [-0.3, -0.25) is 0 Å². The van der Waals surface area contributed by atoms with E-state index in [-0.39, 0.29) is 18.6 Å². The predicted molar refractivity (Wildman–Crippen MR) is 74.1 cm³/mol. The molecular formula is C13H16F2N2O2S. The molecule has 2 amide bonds. The number of hydrogen-bond donors (Lipinski definition) is 2. The fraction of sp³-hybridized carbons (Fsp3) is 0.462. The highest BCUT2D eigenvalue weighted by Gasteiger charge is 2.25. The molecule has 1 heterocycles. The summed E-state index contributed by atoms with van der Waals surface area (Å²) < 4.78 is 24.3. The number of hydrogen-bond acceptors (Lipinski definition) is 3. The van der Waals surface area contributed by atoms with Gasteiger partial charge in [0.1, 0.15) is 0 Å². The van der Waals surface area contributed by atoms with E-state index in [0.717, 1.165) is 6.42 Å². The minimum Gasteiger partial charge on any atom is -0.396 e. The highest BCUT2D eigenvalue weighted by molar-refractivity contribution is 7.99. The van der Waals surface area contributed by atoms with Crippen LogP contribution in [0.3, 0.4) is 0 Å². The summed E-state index contributed by atoms with van der Waals surface area (Å²) in [7, 11) is 0. The Labute approximate surface area is 120 Å². The van der Waals surface area contributed by atoms with Gasteiger partial charge >= 0.3 is 6.03 Å². The van der Waals surface area contributed by atoms with Crippen LogP contribution in [-0.2, 0) is 0 Å². The molecule has 2 rings (SSSR count). The second-order valence-corrected chi connectivity index (χ2v) is 5.68. The minimum absolute atomic E-state index is 0.0866. The van der Waals surface area contributed by atoms with Crippen molar-refractivity contribution in [3.63, 3.8) is 0 Å². The number of carbonyl (C=O) groups is 1. The number of aliphatic hydroxyl groups excluding tert-OH is 1. The number of likely N-dealkylation sites (tertiary alicyclic amines) is 1. The van der Waals surface area contributed by atoms with E-state index in [1.54, 1.807) is 29.2 Å². The van der Waals surface area contributed by atoms with Crippen LogP contribution in [0, 0.1) is 5.92 Å². The first kappa shape index (κ1) is 15.1. The lowest BCUT2D eigenvalue weighted by molar-refractivity contribution is 0.208. The number of nitrogens with zero attached hydrogens (tertiary/aromatic N) is 1. The molecule has 1 fully saturated rings. The number of carbonyl (C=O) groups excluding carboxylic acids is 1. The van der Waals surface area contributed by atoms with Gasteiger partial charge in [0, 0.05) is 36.2 Å². The van der Waals surface area contributed by atoms with E-state index >= 15 is 0 Å². The molecule has 2 N–H and O–H groups in total. The summed E-state index contributed by atoms with van der Waals surface area (Å²) >= 11 is 0.470. The summed E-state index contributed by atoms with van der Waals surface area (Å²) in [4.78, 5) is 14.0. The number of benzene rings is 1. The number of amides is 2. The van der Waals surface area contributed by atoms with E-state index in [0.29, 0.717) is 35.4 Å². The minimum atomic E-state index is -2.45. The van der Waals surface area contributed by atoms with Crippen LogP contribution in [-0.4, -0.2) is 41.5 Å². The smallest absolute Gasteiger partial charge is 0.321 e. The van der Waals surface area contributed by atoms with Crippen LogP contribution in [0.2, 0.25) is 0 Å². The van der Waals surface area contributed by atoms with Crippen LogP contribution in [0.25, 0.3) is 0 Å². The molecule has 0 aliphatic carbocycles. The highest BCUT2D eigenvalue weighted by Crippen LogP contribution is 2.26. The number of urea groups is 1. The van der Waals surface area contributed by atoms with E-state index in [2.05, 4.69) is 5.32 Å². The van der Waals surface area contributed by atoms with Crippen molar-refractivity contribution < 1.29 is 18.7 Å². The summed E-state index contributed by atoms with van der Waals surface area (Å²) in [5.74, 6) is -2.30. The number of halogens is 2. The van der Waals surface area contributed by atoms with Gasteiger partial charge in [0.25, 0.3) is 5.76 Å². The van der Waals surface area contributed by atoms with Crippen LogP contribution in [0.4, 0.5) is 19.3 Å². The molecule has 4 nitrogen and oxygen atoms in total. The zero-order chi connectivity index (χ0) is 14.5. The fourth-order valence-electron chi connectivity index (χ4n) is 2.09. The molecule has 0 saturated carbocycles. The average molecular weight is 302 g/mol. The summed E-state index contributed by atoms with van der Waals surface area (Å²) in [6.07, 6.45) is 0.799. The van der Waals surface area contributed by atoms with Gasteiger partial charge in [-0.25, -0.2) is 4.79 Å². The maximum Gasteiger partial charge on any atom is 0.321 e. The normalized spacial score (nSPS) is 18.6. The highest BCUT2D eigenvalue weighted by atomic mass is 32.2. The quantitative estimate of drug-likeness (QED) is 0.841. The maximum atomic E-state index is 12.2. The zero-order valence-corrected chi connectivity index (χ0v) is 11.6. The Bertz CT molecular complexity index is 456. The molecule has 7 heteroatoms. The first-order chi connectivity index (χ1) is 9.58. The van der Waals surface area contributed by atoms with E-state index in [1.165, 1.54) is 0 Å². The van der Waals surface area contributed by atoms with Crippen molar-refractivity contribution in [1.29, 1.82) is 0 Å².